The van der Waals surface area contributed by atoms with Crippen molar-refractivity contribution in [2.24, 2.45) is 0 Å². The number of allylic oxidation sites excluding steroid dienone is 1. The number of nitriles is 1. The van der Waals surface area contributed by atoms with E-state index in [0.717, 1.165) is 10.9 Å². The number of hydrogen-bond donors (Lipinski definition) is 2. The van der Waals surface area contributed by atoms with Crippen LogP contribution in [-0.2, 0) is 0 Å². The van der Waals surface area contributed by atoms with Gasteiger partial charge >= 0.3 is 0 Å². The van der Waals surface area contributed by atoms with Crippen LogP contribution >= 0.6 is 15.9 Å². The molecular formula is C20H15BrN2O3. The lowest BCUT2D eigenvalue weighted by Crippen LogP contribution is -2.03. The van der Waals surface area contributed by atoms with Crippen LogP contribution in [0, 0.1) is 18.3 Å². The highest BCUT2D eigenvalue weighted by Crippen LogP contribution is 2.34. The molecule has 0 atom stereocenters. The Labute approximate surface area is 158 Å². The highest BCUT2D eigenvalue weighted by Gasteiger charge is 2.20. The Balaban J connectivity index is 2.10. The molecule has 0 saturated carbocycles. The van der Waals surface area contributed by atoms with E-state index in [9.17, 15) is 15.2 Å². The zero-order chi connectivity index (χ0) is 18.8. The number of aromatic hydroxyl groups is 1. The van der Waals surface area contributed by atoms with Crippen LogP contribution in [-0.4, -0.2) is 23.0 Å². The molecule has 3 rings (SSSR count). The molecule has 26 heavy (non-hydrogen) atoms. The molecule has 0 bridgehead atoms. The molecule has 2 aromatic carbocycles. The molecule has 130 valence electrons. The Kier molecular flexibility index (Phi) is 4.83. The molecule has 1 aromatic heterocycles. The van der Waals surface area contributed by atoms with Crippen LogP contribution in [0.4, 0.5) is 0 Å². The Bertz CT molecular complexity index is 1090. The summed E-state index contributed by atoms with van der Waals surface area (Å²) in [5.41, 5.74) is 2.50. The quantitative estimate of drug-likeness (QED) is 0.369. The molecule has 5 nitrogen and oxygen atoms in total. The zero-order valence-corrected chi connectivity index (χ0v) is 15.7. The van der Waals surface area contributed by atoms with Crippen LogP contribution in [0.5, 0.6) is 11.5 Å². The van der Waals surface area contributed by atoms with Gasteiger partial charge in [-0.15, -0.1) is 0 Å². The minimum atomic E-state index is -0.371. The first-order valence-corrected chi connectivity index (χ1v) is 8.56. The van der Waals surface area contributed by atoms with Crippen molar-refractivity contribution in [2.45, 2.75) is 6.92 Å². The molecule has 6 heteroatoms. The normalized spacial score (nSPS) is 11.4. The summed E-state index contributed by atoms with van der Waals surface area (Å²) in [4.78, 5) is 16.1. The minimum Gasteiger partial charge on any atom is -0.504 e. The van der Waals surface area contributed by atoms with Crippen molar-refractivity contribution >= 4 is 38.7 Å². The third-order valence-electron chi connectivity index (χ3n) is 4.08. The van der Waals surface area contributed by atoms with Crippen molar-refractivity contribution < 1.29 is 14.6 Å². The van der Waals surface area contributed by atoms with Gasteiger partial charge in [0.2, 0.25) is 5.78 Å². The number of hydrogen-bond acceptors (Lipinski definition) is 4. The fourth-order valence-corrected chi connectivity index (χ4v) is 3.28. The first-order chi connectivity index (χ1) is 12.5. The number of nitrogens with zero attached hydrogens (tertiary/aromatic N) is 1. The second-order valence-corrected chi connectivity index (χ2v) is 6.57. The second-order valence-electron chi connectivity index (χ2n) is 5.72. The number of ketones is 1. The number of carbonyl (C=O) groups is 1. The number of aryl methyl sites for hydroxylation is 1. The van der Waals surface area contributed by atoms with Gasteiger partial charge in [-0.25, -0.2) is 0 Å². The molecule has 0 radical (unpaired) electrons. The molecule has 2 N–H and O–H groups in total. The number of rotatable bonds is 4. The Morgan fingerprint density at radius 2 is 2.08 bits per heavy atom. The molecule has 0 aliphatic heterocycles. The first-order valence-electron chi connectivity index (χ1n) is 7.76. The number of benzene rings is 2. The lowest BCUT2D eigenvalue weighted by atomic mass is 9.99. The topological polar surface area (TPSA) is 86.1 Å². The summed E-state index contributed by atoms with van der Waals surface area (Å²) in [6, 6.07) is 12.4. The van der Waals surface area contributed by atoms with Crippen LogP contribution in [0.1, 0.15) is 21.6 Å². The van der Waals surface area contributed by atoms with E-state index in [4.69, 9.17) is 4.74 Å². The molecule has 0 fully saturated rings. The van der Waals surface area contributed by atoms with Crippen LogP contribution in [0.2, 0.25) is 0 Å². The van der Waals surface area contributed by atoms with Gasteiger partial charge in [0.1, 0.15) is 11.6 Å². The van der Waals surface area contributed by atoms with Crippen molar-refractivity contribution in [1.82, 2.24) is 4.98 Å². The largest absolute Gasteiger partial charge is 0.504 e. The number of aromatic amines is 1. The molecule has 0 aliphatic carbocycles. The van der Waals surface area contributed by atoms with Crippen molar-refractivity contribution in [3.63, 3.8) is 0 Å². The molecule has 0 unspecified atom stereocenters. The fraction of sp³-hybridized carbons (Fsp3) is 0.100. The smallest absolute Gasteiger partial charge is 0.205 e. The summed E-state index contributed by atoms with van der Waals surface area (Å²) in [6.45, 7) is 1.80. The van der Waals surface area contributed by atoms with Gasteiger partial charge in [0.25, 0.3) is 0 Å². The fourth-order valence-electron chi connectivity index (χ4n) is 2.84. The number of Topliss-reactive ketones (excluding diaryl/α,β-unsaturated/α-hetero) is 1. The number of methoxy groups -OCH3 is 1. The van der Waals surface area contributed by atoms with E-state index >= 15 is 0 Å². The van der Waals surface area contributed by atoms with Crippen LogP contribution < -0.4 is 4.74 Å². The third kappa shape index (κ3) is 3.09. The highest BCUT2D eigenvalue weighted by molar-refractivity contribution is 9.10. The molecule has 0 spiro atoms. The van der Waals surface area contributed by atoms with E-state index in [1.807, 2.05) is 30.3 Å². The molecule has 0 amide bonds. The summed E-state index contributed by atoms with van der Waals surface area (Å²) in [6.07, 6.45) is 1.45. The number of phenolic OH excluding ortho intramolecular Hbond substituents is 1. The zero-order valence-electron chi connectivity index (χ0n) is 14.1. The third-order valence-corrected chi connectivity index (χ3v) is 4.77. The average molecular weight is 411 g/mol. The Morgan fingerprint density at radius 1 is 1.35 bits per heavy atom. The molecule has 1 heterocycles. The summed E-state index contributed by atoms with van der Waals surface area (Å²) >= 11 is 3.37. The average Bonchev–Trinajstić information content (AvgIpc) is 2.97. The predicted molar refractivity (Wildman–Crippen MR) is 103 cm³/mol. The van der Waals surface area contributed by atoms with Gasteiger partial charge in [0, 0.05) is 21.1 Å². The van der Waals surface area contributed by atoms with Gasteiger partial charge in [0.05, 0.1) is 12.7 Å². The van der Waals surface area contributed by atoms with Gasteiger partial charge in [-0.3, -0.25) is 4.79 Å². The van der Waals surface area contributed by atoms with Gasteiger partial charge in [-0.05, 0) is 36.8 Å². The Hall–Kier alpha value is -3.04. The van der Waals surface area contributed by atoms with Gasteiger partial charge < -0.3 is 14.8 Å². The first kappa shape index (κ1) is 17.8. The van der Waals surface area contributed by atoms with Gasteiger partial charge in [0.15, 0.2) is 11.5 Å². The standard InChI is InChI=1S/C20H15BrN2O3/c1-11-19(14-5-3-4-6-16(14)23-11)20(25)13(10-22)7-12-8-17(24)18(26-2)9-15(12)21/h3-9,23-24H,1-2H3/b13-7+. The number of H-pyrrole nitrogens is 1. The Morgan fingerprint density at radius 3 is 2.77 bits per heavy atom. The number of aromatic nitrogens is 1. The maximum atomic E-state index is 13.0. The number of halogens is 1. The highest BCUT2D eigenvalue weighted by atomic mass is 79.9. The predicted octanol–water partition coefficient (Wildman–Crippen LogP) is 4.74. The number of fused-ring (bicyclic) bond motifs is 1. The second kappa shape index (κ2) is 7.06. The lowest BCUT2D eigenvalue weighted by molar-refractivity contribution is 0.104. The summed E-state index contributed by atoms with van der Waals surface area (Å²) < 4.78 is 5.65. The SMILES string of the molecule is COc1cc(Br)c(/C=C(\C#N)C(=O)c2c(C)[nH]c3ccccc23)cc1O. The van der Waals surface area contributed by atoms with Crippen molar-refractivity contribution in [1.29, 1.82) is 5.26 Å². The van der Waals surface area contributed by atoms with E-state index < -0.39 is 0 Å². The van der Waals surface area contributed by atoms with Crippen LogP contribution in [0.15, 0.2) is 46.4 Å². The van der Waals surface area contributed by atoms with Gasteiger partial charge in [-0.1, -0.05) is 34.1 Å². The van der Waals surface area contributed by atoms with Crippen molar-refractivity contribution in [3.05, 3.63) is 63.3 Å². The number of para-hydroxylation sites is 1. The van der Waals surface area contributed by atoms with Crippen molar-refractivity contribution in [3.8, 4) is 17.6 Å². The van der Waals surface area contributed by atoms with E-state index in [1.165, 1.54) is 19.3 Å². The van der Waals surface area contributed by atoms with Crippen LogP contribution in [0.25, 0.3) is 17.0 Å². The number of phenols is 1. The summed E-state index contributed by atoms with van der Waals surface area (Å²) in [5.74, 6) is -0.147. The van der Waals surface area contributed by atoms with E-state index in [2.05, 4.69) is 20.9 Å². The number of ether oxygens (including phenoxy) is 1. The van der Waals surface area contributed by atoms with Crippen LogP contribution in [0.3, 0.4) is 0 Å². The summed E-state index contributed by atoms with van der Waals surface area (Å²) in [7, 11) is 1.45. The van der Waals surface area contributed by atoms with Gasteiger partial charge in [-0.2, -0.15) is 5.26 Å². The molecule has 3 aromatic rings. The van der Waals surface area contributed by atoms with E-state index in [-0.39, 0.29) is 17.1 Å². The van der Waals surface area contributed by atoms with E-state index in [0.29, 0.717) is 27.0 Å². The lowest BCUT2D eigenvalue weighted by Gasteiger charge is -2.07. The number of carbonyl (C=O) groups excluding carboxylic acids is 1. The molecule has 0 aliphatic rings. The van der Waals surface area contributed by atoms with E-state index in [1.54, 1.807) is 13.0 Å². The maximum absolute atomic E-state index is 13.0. The van der Waals surface area contributed by atoms with Crippen molar-refractivity contribution in [2.75, 3.05) is 7.11 Å². The minimum absolute atomic E-state index is 0.0249. The monoisotopic (exact) mass is 410 g/mol. The maximum Gasteiger partial charge on any atom is 0.205 e. The summed E-state index contributed by atoms with van der Waals surface area (Å²) in [5, 5.41) is 20.3. The number of nitrogens with one attached hydrogen (secondary N) is 1. The molecular weight excluding hydrogens is 396 g/mol. The molecule has 0 saturated heterocycles.